The first kappa shape index (κ1) is 67.9. The summed E-state index contributed by atoms with van der Waals surface area (Å²) >= 11 is 14.4. The number of carbonyl (C=O) groups is 8. The van der Waals surface area contributed by atoms with Gasteiger partial charge in [-0.2, -0.15) is 0 Å². The van der Waals surface area contributed by atoms with Crippen molar-refractivity contribution in [2.45, 2.75) is 140 Å². The smallest absolute Gasteiger partial charge is 0.330 e. The number of fused-ring (bicyclic) bond motifs is 15. The molecule has 0 radical (unpaired) electrons. The first-order valence-electron chi connectivity index (χ1n) is 29.5. The van der Waals surface area contributed by atoms with Crippen molar-refractivity contribution in [2.75, 3.05) is 28.4 Å². The second kappa shape index (κ2) is 27.6. The van der Waals surface area contributed by atoms with Crippen LogP contribution in [-0.2, 0) is 42.8 Å². The van der Waals surface area contributed by atoms with E-state index in [1.807, 2.05) is 47.7 Å². The lowest BCUT2D eigenvalue weighted by atomic mass is 9.84. The van der Waals surface area contributed by atoms with Crippen molar-refractivity contribution in [3.63, 3.8) is 0 Å². The number of likely N-dealkylation sites (N-methyl/N-ethyl adjacent to an activating group) is 1. The number of halogens is 2. The number of carboxylic acids is 1. The van der Waals surface area contributed by atoms with Crippen molar-refractivity contribution in [2.24, 2.45) is 17.6 Å². The molecule has 5 aliphatic heterocycles. The van der Waals surface area contributed by atoms with Crippen molar-refractivity contribution in [1.29, 1.82) is 0 Å². The van der Waals surface area contributed by atoms with Gasteiger partial charge in [0.2, 0.25) is 35.3 Å². The van der Waals surface area contributed by atoms with E-state index in [0.29, 0.717) is 23.1 Å². The molecule has 9 atom stereocenters. The Kier molecular flexibility index (Phi) is 20.8. The summed E-state index contributed by atoms with van der Waals surface area (Å²) in [5.41, 5.74) is 7.91. The first-order valence-corrected chi connectivity index (χ1v) is 33.2. The Morgan fingerprint density at radius 1 is 0.744 bits per heavy atom. The van der Waals surface area contributed by atoms with Crippen LogP contribution in [0.4, 0.5) is 0 Å². The van der Waals surface area contributed by atoms with Crippen LogP contribution in [0.25, 0.3) is 11.1 Å². The number of amides is 5. The zero-order valence-electron chi connectivity index (χ0n) is 52.6. The van der Waals surface area contributed by atoms with E-state index in [1.54, 1.807) is 75.5 Å². The summed E-state index contributed by atoms with van der Waals surface area (Å²) in [6.45, 7) is 17.2. The van der Waals surface area contributed by atoms with Crippen LogP contribution in [-0.4, -0.2) is 107 Å². The number of Topliss-reactive ketones (excluding diaryl/α,β-unsaturated/α-hetero) is 2. The van der Waals surface area contributed by atoms with Crippen LogP contribution < -0.4 is 56.0 Å². The van der Waals surface area contributed by atoms with Gasteiger partial charge in [-0.15, -0.1) is 0 Å². The number of primary amides is 1. The lowest BCUT2D eigenvalue weighted by molar-refractivity contribution is -0.142. The van der Waals surface area contributed by atoms with E-state index in [4.69, 9.17) is 57.0 Å². The maximum atomic E-state index is 16.1. The van der Waals surface area contributed by atoms with Gasteiger partial charge < -0.3 is 65.5 Å². The molecule has 5 aromatic rings. The fourth-order valence-electron chi connectivity index (χ4n) is 11.4. The van der Waals surface area contributed by atoms with Gasteiger partial charge in [-0.3, -0.25) is 33.6 Å². The van der Waals surface area contributed by atoms with Gasteiger partial charge in [0.05, 0.1) is 55.4 Å². The molecule has 0 spiro atoms. The Balaban J connectivity index is 1.41. The fraction of sp³-hybridized carbons (Fsp3) is 0.424. The Morgan fingerprint density at radius 2 is 1.36 bits per heavy atom. The molecular weight excluding hydrogens is 1220 g/mol. The Labute approximate surface area is 534 Å². The molecule has 0 saturated heterocycles. The van der Waals surface area contributed by atoms with E-state index in [0.717, 1.165) is 0 Å². The van der Waals surface area contributed by atoms with Crippen LogP contribution in [0.1, 0.15) is 131 Å². The lowest BCUT2D eigenvalue weighted by Crippen LogP contribution is -2.55. The molecule has 0 fully saturated rings. The number of ether oxygens (including phenoxy) is 5. The summed E-state index contributed by atoms with van der Waals surface area (Å²) in [5, 5.41) is 24.9. The average molecular weight is 1290 g/mol. The number of methoxy groups -OCH3 is 3. The molecule has 5 aliphatic rings. The molecule has 0 aromatic heterocycles. The Bertz CT molecular complexity index is 3670. The Morgan fingerprint density at radius 3 is 1.91 bits per heavy atom. The van der Waals surface area contributed by atoms with Crippen LogP contribution in [0, 0.1) is 18.8 Å². The van der Waals surface area contributed by atoms with E-state index in [9.17, 15) is 19.5 Å². The number of hydrogen-bond donors (Lipinski definition) is 7. The Hall–Kier alpha value is -8.02. The van der Waals surface area contributed by atoms with Crippen LogP contribution in [0.5, 0.6) is 40.2 Å². The van der Waals surface area contributed by atoms with Gasteiger partial charge in [0.1, 0.15) is 41.1 Å². The van der Waals surface area contributed by atoms with Crippen molar-refractivity contribution < 1.29 is 71.6 Å². The monoisotopic (exact) mass is 1290 g/mol. The number of aliphatic carboxylic acids is 1. The number of ketones is 2. The second-order valence-corrected chi connectivity index (χ2v) is 30.6. The predicted molar refractivity (Wildman–Crippen MR) is 340 cm³/mol. The van der Waals surface area contributed by atoms with Crippen molar-refractivity contribution in [1.82, 2.24) is 26.6 Å². The highest BCUT2D eigenvalue weighted by Gasteiger charge is 2.46. The minimum Gasteiger partial charge on any atom is -0.496 e. The molecule has 480 valence electrons. The van der Waals surface area contributed by atoms with Gasteiger partial charge in [0.15, 0.2) is 37.4 Å². The summed E-state index contributed by atoms with van der Waals surface area (Å²) < 4.78 is 38.2. The molecule has 24 heteroatoms. The number of aryl methyl sites for hydroxylation is 1. The molecule has 11 bridgehead atoms. The lowest BCUT2D eigenvalue weighted by Gasteiger charge is -2.42. The molecule has 5 heterocycles. The third-order valence-electron chi connectivity index (χ3n) is 17.2. The summed E-state index contributed by atoms with van der Waals surface area (Å²) in [7, 11) is 2.81. The molecule has 5 aromatic carbocycles. The third-order valence-corrected chi connectivity index (χ3v) is 22.3. The number of nitrogens with two attached hydrogens (primary N) is 1. The molecule has 21 nitrogen and oxygen atoms in total. The fourth-order valence-corrected chi connectivity index (χ4v) is 13.1. The van der Waals surface area contributed by atoms with Gasteiger partial charge in [-0.05, 0) is 132 Å². The number of benzene rings is 5. The molecular formula is C66H78Cl2N6O15Si. The summed E-state index contributed by atoms with van der Waals surface area (Å²) in [6, 6.07) is 12.6. The summed E-state index contributed by atoms with van der Waals surface area (Å²) in [5.74, 6) is -11.3. The van der Waals surface area contributed by atoms with Gasteiger partial charge >= 0.3 is 5.97 Å². The number of carbonyl (C=O) groups excluding carboxylic acids is 7. The highest BCUT2D eigenvalue weighted by Crippen LogP contribution is 2.50. The van der Waals surface area contributed by atoms with E-state index in [-0.39, 0.29) is 84.0 Å². The zero-order chi connectivity index (χ0) is 66.0. The summed E-state index contributed by atoms with van der Waals surface area (Å²) in [4.78, 5) is 119. The van der Waals surface area contributed by atoms with Gasteiger partial charge in [-0.1, -0.05) is 89.0 Å². The molecule has 90 heavy (non-hydrogen) atoms. The molecule has 0 saturated carbocycles. The van der Waals surface area contributed by atoms with Crippen LogP contribution in [0.3, 0.4) is 0 Å². The number of rotatable bonds is 13. The molecule has 10 rings (SSSR count). The van der Waals surface area contributed by atoms with Crippen molar-refractivity contribution >= 4 is 78.6 Å². The highest BCUT2D eigenvalue weighted by atomic mass is 35.5. The first-order chi connectivity index (χ1) is 42.4. The minimum absolute atomic E-state index is 0.00625. The molecule has 8 N–H and O–H groups in total. The molecule has 0 aliphatic carbocycles. The SMILES string of the molecule is CN[C@@H](CC(C)C)C(=O)N[C@H]1C(=O)C[C@@H](CC(N)=O)C(=O)N[C@H]2C(=O)C[C@H]3C(=O)N[C@H](C(=O)N[C@@H](C(=O)O)c4cc(C)cc(OC)c4-c4cc3ccc4OC)[C@H](C)c3ccc(c(Cl)c3)Oc3cc2cc(c3OC)Oc2ccc(cc2Cl)[C@H]1O[Si](C)(C)C(C)(C)C. The normalized spacial score (nSPS) is 21.8. The maximum Gasteiger partial charge on any atom is 0.330 e. The van der Waals surface area contributed by atoms with E-state index in [2.05, 4.69) is 26.6 Å². The number of carboxylic acid groups (broad SMARTS) is 1. The highest BCUT2D eigenvalue weighted by molar-refractivity contribution is 6.74. The average Bonchev–Trinajstić information content (AvgIpc) is 0.807. The second-order valence-electron chi connectivity index (χ2n) is 25.0. The minimum atomic E-state index is -2.93. The van der Waals surface area contributed by atoms with Gasteiger partial charge in [-0.25, -0.2) is 4.79 Å². The van der Waals surface area contributed by atoms with E-state index in [1.165, 1.54) is 45.6 Å². The number of nitrogens with one attached hydrogen (secondary N) is 5. The summed E-state index contributed by atoms with van der Waals surface area (Å²) in [6.07, 6.45) is -3.08. The topological polar surface area (TPSA) is 298 Å². The van der Waals surface area contributed by atoms with E-state index < -0.39 is 134 Å². The van der Waals surface area contributed by atoms with Crippen LogP contribution >= 0.6 is 23.2 Å². The van der Waals surface area contributed by atoms with Crippen molar-refractivity contribution in [3.8, 4) is 51.4 Å². The van der Waals surface area contributed by atoms with Gasteiger partial charge in [0, 0.05) is 36.3 Å². The quantitative estimate of drug-likeness (QED) is 0.0539. The van der Waals surface area contributed by atoms with E-state index >= 15 is 24.0 Å². The largest absolute Gasteiger partial charge is 0.496 e. The number of hydrogen-bond acceptors (Lipinski definition) is 15. The standard InChI is InChI=1S/C66H78Cl2N6O15Si/c1-31(2)20-44(70-8)63(80)74-58-45(75)26-38(29-53(69)77)61(78)72-56-37-27-51(60(86-11)52(28-37)88-49-19-16-36(25-43(49)68)59(58)89-90(12,13)66(5,6)7)87-48-18-14-34(24-42(48)67)33(4)55-64(81)73-57(65(82)83)41-21-32(3)22-50(85-10)54(41)40-23-35(15-17-47(40)84-9)39(30-46(56)76)62(79)71-55/h14-19,21-25,27-28,31,33,38-39,44,55-59,70H,20,26,29-30H2,1-13H3,(H2,69,77)(H,71,79)(H,72,78)(H,73,81)(H,74,80)(H,82,83)/t33-,38+,39-,44+,55+,56-,57-,58+,59-/m1/s1. The van der Waals surface area contributed by atoms with Crippen LogP contribution in [0.15, 0.2) is 78.9 Å². The molecule has 0 unspecified atom stereocenters. The maximum absolute atomic E-state index is 16.1. The third kappa shape index (κ3) is 14.6. The molecule has 5 amide bonds. The van der Waals surface area contributed by atoms with Gasteiger partial charge in [0.25, 0.3) is 0 Å². The zero-order valence-corrected chi connectivity index (χ0v) is 55.1. The van der Waals surface area contributed by atoms with Crippen molar-refractivity contribution in [3.05, 3.63) is 122 Å². The predicted octanol–water partition coefficient (Wildman–Crippen LogP) is 9.98. The van der Waals surface area contributed by atoms with Crippen LogP contribution in [0.2, 0.25) is 28.2 Å².